The van der Waals surface area contributed by atoms with Gasteiger partial charge in [0.1, 0.15) is 11.3 Å². The first-order chi connectivity index (χ1) is 12.0. The molecule has 130 valence electrons. The molecule has 25 heavy (non-hydrogen) atoms. The average molecular weight is 343 g/mol. The first kappa shape index (κ1) is 16.6. The fraction of sp³-hybridized carbons (Fsp3) is 0.222. The Hall–Kier alpha value is -3.22. The minimum Gasteiger partial charge on any atom is -0.480 e. The Morgan fingerprint density at radius 2 is 1.96 bits per heavy atom. The van der Waals surface area contributed by atoms with Gasteiger partial charge < -0.3 is 24.6 Å². The van der Waals surface area contributed by atoms with Crippen LogP contribution in [0.2, 0.25) is 0 Å². The molecular formula is C18H17NO6. The number of nitrogens with one attached hydrogen (secondary N) is 1. The highest BCUT2D eigenvalue weighted by Crippen LogP contribution is 2.32. The van der Waals surface area contributed by atoms with Crippen LogP contribution in [0, 0.1) is 0 Å². The summed E-state index contributed by atoms with van der Waals surface area (Å²) in [7, 11) is 0. The number of aromatic carboxylic acids is 1. The smallest absolute Gasteiger partial charge is 0.339 e. The summed E-state index contributed by atoms with van der Waals surface area (Å²) in [5.41, 5.74) is 0.869. The Morgan fingerprint density at radius 1 is 1.20 bits per heavy atom. The monoisotopic (exact) mass is 343 g/mol. The summed E-state index contributed by atoms with van der Waals surface area (Å²) in [6, 6.07) is 11.6. The Labute approximate surface area is 144 Å². The van der Waals surface area contributed by atoms with E-state index >= 15 is 0 Å². The number of para-hydroxylation sites is 1. The molecule has 2 N–H and O–H groups in total. The van der Waals surface area contributed by atoms with Gasteiger partial charge in [-0.15, -0.1) is 0 Å². The van der Waals surface area contributed by atoms with E-state index in [1.807, 2.05) is 6.07 Å². The lowest BCUT2D eigenvalue weighted by Crippen LogP contribution is -2.36. The van der Waals surface area contributed by atoms with Crippen molar-refractivity contribution in [2.24, 2.45) is 0 Å². The maximum Gasteiger partial charge on any atom is 0.339 e. The van der Waals surface area contributed by atoms with Gasteiger partial charge >= 0.3 is 5.97 Å². The predicted octanol–water partition coefficient (Wildman–Crippen LogP) is 2.20. The molecule has 7 nitrogen and oxygen atoms in total. The lowest BCUT2D eigenvalue weighted by atomic mass is 10.2. The highest BCUT2D eigenvalue weighted by molar-refractivity contribution is 5.91. The van der Waals surface area contributed by atoms with E-state index in [-0.39, 0.29) is 24.0 Å². The van der Waals surface area contributed by atoms with Gasteiger partial charge in [0.2, 0.25) is 6.79 Å². The largest absolute Gasteiger partial charge is 0.480 e. The van der Waals surface area contributed by atoms with Gasteiger partial charge in [-0.25, -0.2) is 4.79 Å². The number of ether oxygens (including phenoxy) is 3. The number of rotatable bonds is 6. The van der Waals surface area contributed by atoms with Crippen LogP contribution >= 0.6 is 0 Å². The van der Waals surface area contributed by atoms with Crippen LogP contribution in [0.1, 0.15) is 22.8 Å². The van der Waals surface area contributed by atoms with Crippen LogP contribution in [0.5, 0.6) is 17.2 Å². The quantitative estimate of drug-likeness (QED) is 0.835. The number of amides is 1. The lowest BCUT2D eigenvalue weighted by Gasteiger charge is -2.16. The van der Waals surface area contributed by atoms with Gasteiger partial charge in [0.15, 0.2) is 17.6 Å². The van der Waals surface area contributed by atoms with Crippen molar-refractivity contribution < 1.29 is 28.9 Å². The van der Waals surface area contributed by atoms with Crippen LogP contribution in [-0.4, -0.2) is 29.9 Å². The first-order valence-electron chi connectivity index (χ1n) is 7.70. The molecule has 0 saturated heterocycles. The summed E-state index contributed by atoms with van der Waals surface area (Å²) < 4.78 is 16.0. The van der Waals surface area contributed by atoms with Crippen LogP contribution in [0.4, 0.5) is 0 Å². The van der Waals surface area contributed by atoms with Crippen molar-refractivity contribution >= 4 is 11.9 Å². The number of carboxylic acid groups (broad SMARTS) is 1. The maximum absolute atomic E-state index is 12.2. The Balaban J connectivity index is 1.59. The molecule has 1 unspecified atom stereocenters. The van der Waals surface area contributed by atoms with Gasteiger partial charge in [-0.3, -0.25) is 4.79 Å². The van der Waals surface area contributed by atoms with Crippen molar-refractivity contribution in [2.75, 3.05) is 6.79 Å². The predicted molar refractivity (Wildman–Crippen MR) is 87.9 cm³/mol. The number of hydrogen-bond donors (Lipinski definition) is 2. The number of carbonyl (C=O) groups excluding carboxylic acids is 1. The zero-order chi connectivity index (χ0) is 17.8. The summed E-state index contributed by atoms with van der Waals surface area (Å²) in [5, 5.41) is 11.9. The molecule has 1 aliphatic heterocycles. The molecular weight excluding hydrogens is 326 g/mol. The summed E-state index contributed by atoms with van der Waals surface area (Å²) in [6.45, 7) is 2.05. The van der Waals surface area contributed by atoms with Gasteiger partial charge in [-0.1, -0.05) is 18.2 Å². The van der Waals surface area contributed by atoms with Crippen molar-refractivity contribution in [1.29, 1.82) is 0 Å². The maximum atomic E-state index is 12.2. The van der Waals surface area contributed by atoms with E-state index < -0.39 is 12.1 Å². The first-order valence-corrected chi connectivity index (χ1v) is 7.70. The zero-order valence-corrected chi connectivity index (χ0v) is 13.5. The fourth-order valence-electron chi connectivity index (χ4n) is 2.37. The molecule has 0 bridgehead atoms. The van der Waals surface area contributed by atoms with E-state index in [9.17, 15) is 9.59 Å². The molecule has 0 saturated carbocycles. The van der Waals surface area contributed by atoms with Crippen molar-refractivity contribution in [2.45, 2.75) is 19.6 Å². The summed E-state index contributed by atoms with van der Waals surface area (Å²) in [5.74, 6) is 0.0191. The van der Waals surface area contributed by atoms with Crippen molar-refractivity contribution in [3.05, 3.63) is 53.6 Å². The van der Waals surface area contributed by atoms with E-state index in [2.05, 4.69) is 5.32 Å². The lowest BCUT2D eigenvalue weighted by molar-refractivity contribution is -0.127. The molecule has 3 rings (SSSR count). The Bertz CT molecular complexity index is 804. The van der Waals surface area contributed by atoms with E-state index in [4.69, 9.17) is 19.3 Å². The third kappa shape index (κ3) is 3.82. The number of benzene rings is 2. The molecule has 0 aliphatic carbocycles. The molecule has 1 heterocycles. The van der Waals surface area contributed by atoms with Crippen LogP contribution in [-0.2, 0) is 11.3 Å². The van der Waals surface area contributed by atoms with Gasteiger partial charge in [0.05, 0.1) is 0 Å². The Morgan fingerprint density at radius 3 is 2.76 bits per heavy atom. The van der Waals surface area contributed by atoms with Crippen molar-refractivity contribution in [3.63, 3.8) is 0 Å². The van der Waals surface area contributed by atoms with E-state index in [0.717, 1.165) is 5.56 Å². The fourth-order valence-corrected chi connectivity index (χ4v) is 2.37. The standard InChI is InChI=1S/C18H17NO6/c1-11(25-14-5-3-2-4-13(14)18(21)22)17(20)19-9-12-6-7-15-16(8-12)24-10-23-15/h2-8,11H,9-10H2,1H3,(H,19,20)(H,21,22). The number of fused-ring (bicyclic) bond motifs is 1. The molecule has 2 aromatic rings. The highest BCUT2D eigenvalue weighted by atomic mass is 16.7. The number of carbonyl (C=O) groups is 2. The number of carboxylic acids is 1. The summed E-state index contributed by atoms with van der Waals surface area (Å²) >= 11 is 0. The minimum atomic E-state index is -1.11. The van der Waals surface area contributed by atoms with E-state index in [1.165, 1.54) is 12.1 Å². The second-order valence-corrected chi connectivity index (χ2v) is 5.47. The van der Waals surface area contributed by atoms with E-state index in [1.54, 1.807) is 31.2 Å². The third-order valence-corrected chi connectivity index (χ3v) is 3.69. The molecule has 0 aromatic heterocycles. The van der Waals surface area contributed by atoms with Crippen LogP contribution < -0.4 is 19.5 Å². The average Bonchev–Trinajstić information content (AvgIpc) is 3.07. The molecule has 1 aliphatic rings. The van der Waals surface area contributed by atoms with Gasteiger partial charge in [-0.2, -0.15) is 0 Å². The van der Waals surface area contributed by atoms with Gasteiger partial charge in [-0.05, 0) is 36.8 Å². The molecule has 0 radical (unpaired) electrons. The van der Waals surface area contributed by atoms with Crippen LogP contribution in [0.3, 0.4) is 0 Å². The normalized spacial score (nSPS) is 13.2. The highest BCUT2D eigenvalue weighted by Gasteiger charge is 2.19. The van der Waals surface area contributed by atoms with Crippen LogP contribution in [0.15, 0.2) is 42.5 Å². The number of hydrogen-bond acceptors (Lipinski definition) is 5. The topological polar surface area (TPSA) is 94.1 Å². The minimum absolute atomic E-state index is 0.0120. The van der Waals surface area contributed by atoms with E-state index in [0.29, 0.717) is 18.0 Å². The second-order valence-electron chi connectivity index (χ2n) is 5.47. The van der Waals surface area contributed by atoms with Crippen molar-refractivity contribution in [1.82, 2.24) is 5.32 Å². The molecule has 1 atom stereocenters. The third-order valence-electron chi connectivity index (χ3n) is 3.69. The molecule has 0 spiro atoms. The van der Waals surface area contributed by atoms with Gasteiger partial charge in [0.25, 0.3) is 5.91 Å². The molecule has 0 fully saturated rings. The van der Waals surface area contributed by atoms with Crippen LogP contribution in [0.25, 0.3) is 0 Å². The Kier molecular flexibility index (Phi) is 4.74. The van der Waals surface area contributed by atoms with Gasteiger partial charge in [0, 0.05) is 6.54 Å². The second kappa shape index (κ2) is 7.12. The van der Waals surface area contributed by atoms with Crippen molar-refractivity contribution in [3.8, 4) is 17.2 Å². The molecule has 2 aromatic carbocycles. The zero-order valence-electron chi connectivity index (χ0n) is 13.5. The summed E-state index contributed by atoms with van der Waals surface area (Å²) in [6.07, 6.45) is -0.838. The SMILES string of the molecule is CC(Oc1ccccc1C(=O)O)C(=O)NCc1ccc2c(c1)OCO2. The summed E-state index contributed by atoms with van der Waals surface area (Å²) in [4.78, 5) is 23.4. The molecule has 7 heteroatoms. The molecule has 1 amide bonds.